The fraction of sp³-hybridized carbons (Fsp3) is 0.200. The van der Waals surface area contributed by atoms with Crippen molar-refractivity contribution in [1.82, 2.24) is 0 Å². The van der Waals surface area contributed by atoms with Gasteiger partial charge < -0.3 is 10.2 Å². The van der Waals surface area contributed by atoms with Crippen LogP contribution in [0.2, 0.25) is 0 Å². The Kier molecular flexibility index (Phi) is 4.16. The second-order valence-electron chi connectivity index (χ2n) is 3.90. The highest BCUT2D eigenvalue weighted by Gasteiger charge is 2.07. The summed E-state index contributed by atoms with van der Waals surface area (Å²) in [5.74, 6) is 0.810. The van der Waals surface area contributed by atoms with Gasteiger partial charge in [-0.25, -0.2) is 0 Å². The van der Waals surface area contributed by atoms with Crippen molar-refractivity contribution >= 4 is 0 Å². The zero-order valence-corrected chi connectivity index (χ0v) is 9.09. The van der Waals surface area contributed by atoms with E-state index in [1.807, 2.05) is 24.3 Å². The lowest BCUT2D eigenvalue weighted by molar-refractivity contribution is 0.475. The smallest absolute Gasteiger partial charge is 0.115 e. The molecule has 17 heavy (non-hydrogen) atoms. The largest absolute Gasteiger partial charge is 0.508 e. The molecule has 0 aliphatic heterocycles. The van der Waals surface area contributed by atoms with Crippen molar-refractivity contribution in [1.29, 1.82) is 0 Å². The summed E-state index contributed by atoms with van der Waals surface area (Å²) in [6.45, 7) is 2.10. The molecule has 0 aliphatic rings. The predicted molar refractivity (Wildman–Crippen MR) is 70.5 cm³/mol. The summed E-state index contributed by atoms with van der Waals surface area (Å²) in [5.41, 5.74) is 2.28. The minimum Gasteiger partial charge on any atom is -0.508 e. The molecule has 2 N–H and O–H groups in total. The van der Waals surface area contributed by atoms with Gasteiger partial charge in [0, 0.05) is 5.92 Å². The van der Waals surface area contributed by atoms with Crippen molar-refractivity contribution < 1.29 is 10.2 Å². The van der Waals surface area contributed by atoms with Crippen molar-refractivity contribution in [3.63, 3.8) is 0 Å². The Bertz CT molecular complexity index is 412. The Morgan fingerprint density at radius 1 is 0.706 bits per heavy atom. The molecule has 0 saturated carbocycles. The molecule has 2 rings (SSSR count). The molecule has 2 nitrogen and oxygen atoms in total. The van der Waals surface area contributed by atoms with Gasteiger partial charge in [-0.15, -0.1) is 0 Å². The van der Waals surface area contributed by atoms with E-state index in [2.05, 4.69) is 6.92 Å². The Morgan fingerprint density at radius 2 is 1.00 bits per heavy atom. The Hall–Kier alpha value is -1.96. The average Bonchev–Trinajstić information content (AvgIpc) is 2.30. The Labute approximate surface area is 102 Å². The predicted octanol–water partition coefficient (Wildman–Crippen LogP) is 3.89. The van der Waals surface area contributed by atoms with E-state index in [0.717, 1.165) is 11.1 Å². The van der Waals surface area contributed by atoms with Gasteiger partial charge in [-0.05, 0) is 35.4 Å². The third-order valence-corrected chi connectivity index (χ3v) is 2.79. The second-order valence-corrected chi connectivity index (χ2v) is 3.90. The first-order chi connectivity index (χ1) is 7.66. The van der Waals surface area contributed by atoms with Crippen molar-refractivity contribution in [2.75, 3.05) is 0 Å². The number of aromatic hydroxyl groups is 2. The zero-order chi connectivity index (χ0) is 11.5. The molecule has 0 bridgehead atoms. The summed E-state index contributed by atoms with van der Waals surface area (Å²) in [6, 6.07) is 14.4. The maximum absolute atomic E-state index is 9.21. The Balaban J connectivity index is 0.00000144. The van der Waals surface area contributed by atoms with E-state index in [1.54, 1.807) is 24.3 Å². The number of benzene rings is 2. The first kappa shape index (κ1) is 13.1. The van der Waals surface area contributed by atoms with Crippen LogP contribution in [0.1, 0.15) is 31.4 Å². The maximum Gasteiger partial charge on any atom is 0.115 e. The van der Waals surface area contributed by atoms with Crippen LogP contribution in [0, 0.1) is 0 Å². The lowest BCUT2D eigenvalue weighted by atomic mass is 9.93. The maximum atomic E-state index is 9.21. The monoisotopic (exact) mass is 230 g/mol. The van der Waals surface area contributed by atoms with Gasteiger partial charge in [0.2, 0.25) is 0 Å². The molecule has 0 heterocycles. The summed E-state index contributed by atoms with van der Waals surface area (Å²) >= 11 is 0. The highest BCUT2D eigenvalue weighted by atomic mass is 16.3. The van der Waals surface area contributed by atoms with Crippen LogP contribution in [0.15, 0.2) is 48.5 Å². The summed E-state index contributed by atoms with van der Waals surface area (Å²) in [7, 11) is 0. The quantitative estimate of drug-likeness (QED) is 0.821. The number of hydrogen-bond donors (Lipinski definition) is 2. The molecule has 90 valence electrons. The molecule has 0 aliphatic carbocycles. The molecule has 0 aromatic heterocycles. The molecule has 0 radical (unpaired) electrons. The number of phenolic OH excluding ortho intramolecular Hbond substituents is 2. The molecule has 0 spiro atoms. The molecule has 0 atom stereocenters. The zero-order valence-electron chi connectivity index (χ0n) is 9.09. The summed E-state index contributed by atoms with van der Waals surface area (Å²) < 4.78 is 0. The van der Waals surface area contributed by atoms with Crippen LogP contribution in [0.4, 0.5) is 0 Å². The SMILES string of the molecule is C.CC(c1ccc(O)cc1)c1ccc(O)cc1. The van der Waals surface area contributed by atoms with E-state index < -0.39 is 0 Å². The number of rotatable bonds is 2. The highest BCUT2D eigenvalue weighted by molar-refractivity contribution is 5.36. The summed E-state index contributed by atoms with van der Waals surface area (Å²) in [5, 5.41) is 18.4. The fourth-order valence-electron chi connectivity index (χ4n) is 1.72. The highest BCUT2D eigenvalue weighted by Crippen LogP contribution is 2.26. The van der Waals surface area contributed by atoms with E-state index in [-0.39, 0.29) is 24.8 Å². The van der Waals surface area contributed by atoms with Crippen molar-refractivity contribution in [2.45, 2.75) is 20.3 Å². The summed E-state index contributed by atoms with van der Waals surface area (Å²) in [6.07, 6.45) is 0. The Morgan fingerprint density at radius 3 is 1.29 bits per heavy atom. The van der Waals surface area contributed by atoms with Gasteiger partial charge in [-0.1, -0.05) is 38.6 Å². The standard InChI is InChI=1S/C14H14O2.CH4/c1-10(11-2-6-13(15)7-3-11)12-4-8-14(16)9-5-12;/h2-10,15-16H,1H3;1H4. The van der Waals surface area contributed by atoms with Gasteiger partial charge in [-0.2, -0.15) is 0 Å². The summed E-state index contributed by atoms with van der Waals surface area (Å²) in [4.78, 5) is 0. The van der Waals surface area contributed by atoms with Gasteiger partial charge in [0.15, 0.2) is 0 Å². The van der Waals surface area contributed by atoms with Crippen molar-refractivity contribution in [3.8, 4) is 11.5 Å². The van der Waals surface area contributed by atoms with E-state index in [4.69, 9.17) is 0 Å². The van der Waals surface area contributed by atoms with Crippen LogP contribution < -0.4 is 0 Å². The molecular formula is C15H18O2. The third kappa shape index (κ3) is 3.00. The minimum atomic E-state index is 0. The molecule has 0 fully saturated rings. The fourth-order valence-corrected chi connectivity index (χ4v) is 1.72. The van der Waals surface area contributed by atoms with Crippen LogP contribution in [0.3, 0.4) is 0 Å². The van der Waals surface area contributed by atoms with Gasteiger partial charge in [0.05, 0.1) is 0 Å². The van der Waals surface area contributed by atoms with E-state index in [0.29, 0.717) is 0 Å². The van der Waals surface area contributed by atoms with Crippen molar-refractivity contribution in [2.24, 2.45) is 0 Å². The van der Waals surface area contributed by atoms with Crippen LogP contribution in [0.25, 0.3) is 0 Å². The van der Waals surface area contributed by atoms with Crippen molar-refractivity contribution in [3.05, 3.63) is 59.7 Å². The first-order valence-electron chi connectivity index (χ1n) is 5.24. The van der Waals surface area contributed by atoms with Crippen LogP contribution in [0.5, 0.6) is 11.5 Å². The molecule has 0 saturated heterocycles. The number of hydrogen-bond acceptors (Lipinski definition) is 2. The molecule has 2 aromatic carbocycles. The average molecular weight is 230 g/mol. The first-order valence-corrected chi connectivity index (χ1v) is 5.24. The third-order valence-electron chi connectivity index (χ3n) is 2.79. The topological polar surface area (TPSA) is 40.5 Å². The number of phenols is 2. The molecule has 2 aromatic rings. The van der Waals surface area contributed by atoms with Crippen LogP contribution in [-0.4, -0.2) is 10.2 Å². The van der Waals surface area contributed by atoms with Crippen LogP contribution in [-0.2, 0) is 0 Å². The normalized spacial score (nSPS) is 10.0. The molecule has 0 unspecified atom stereocenters. The lowest BCUT2D eigenvalue weighted by Crippen LogP contribution is -1.94. The molecule has 2 heteroatoms. The van der Waals surface area contributed by atoms with E-state index in [1.165, 1.54) is 0 Å². The molecular weight excluding hydrogens is 212 g/mol. The van der Waals surface area contributed by atoms with Gasteiger partial charge in [-0.3, -0.25) is 0 Å². The lowest BCUT2D eigenvalue weighted by Gasteiger charge is -2.12. The van der Waals surface area contributed by atoms with E-state index >= 15 is 0 Å². The van der Waals surface area contributed by atoms with Gasteiger partial charge >= 0.3 is 0 Å². The second kappa shape index (κ2) is 5.39. The van der Waals surface area contributed by atoms with E-state index in [9.17, 15) is 10.2 Å². The molecule has 0 amide bonds. The van der Waals surface area contributed by atoms with Gasteiger partial charge in [0.1, 0.15) is 11.5 Å². The van der Waals surface area contributed by atoms with Crippen LogP contribution >= 0.6 is 0 Å². The van der Waals surface area contributed by atoms with Gasteiger partial charge in [0.25, 0.3) is 0 Å². The minimum absolute atomic E-state index is 0.